The SMILES string of the molecule is Cc1sc(NC(=O)c2cnc(-c3ccsc3)s2)c(C(N)=O)c1-c1ccccc1. The van der Waals surface area contributed by atoms with Crippen molar-refractivity contribution in [3.05, 3.63) is 68.7 Å². The molecule has 0 aliphatic heterocycles. The molecule has 140 valence electrons. The van der Waals surface area contributed by atoms with E-state index in [2.05, 4.69) is 10.3 Å². The summed E-state index contributed by atoms with van der Waals surface area (Å²) in [5.74, 6) is -0.871. The second-order valence-corrected chi connectivity index (χ2v) is 9.00. The Hall–Kier alpha value is -2.81. The van der Waals surface area contributed by atoms with Crippen LogP contribution >= 0.6 is 34.0 Å². The van der Waals surface area contributed by atoms with E-state index in [0.29, 0.717) is 15.4 Å². The van der Waals surface area contributed by atoms with Crippen LogP contribution in [-0.2, 0) is 0 Å². The van der Waals surface area contributed by atoms with Crippen molar-refractivity contribution in [3.63, 3.8) is 0 Å². The molecule has 0 saturated heterocycles. The van der Waals surface area contributed by atoms with Gasteiger partial charge in [-0.1, -0.05) is 30.3 Å². The molecular weight excluding hydrogens is 410 g/mol. The van der Waals surface area contributed by atoms with Crippen LogP contribution in [0.15, 0.2) is 53.4 Å². The molecule has 4 aromatic rings. The van der Waals surface area contributed by atoms with E-state index in [1.165, 1.54) is 22.7 Å². The monoisotopic (exact) mass is 425 g/mol. The molecular formula is C20H15N3O2S3. The van der Waals surface area contributed by atoms with E-state index in [-0.39, 0.29) is 5.91 Å². The lowest BCUT2D eigenvalue weighted by Gasteiger charge is -2.06. The molecule has 0 aliphatic rings. The van der Waals surface area contributed by atoms with Gasteiger partial charge in [0.25, 0.3) is 11.8 Å². The van der Waals surface area contributed by atoms with Gasteiger partial charge in [0, 0.05) is 21.4 Å². The Morgan fingerprint density at radius 3 is 2.54 bits per heavy atom. The summed E-state index contributed by atoms with van der Waals surface area (Å²) in [4.78, 5) is 30.6. The summed E-state index contributed by atoms with van der Waals surface area (Å²) in [5.41, 5.74) is 8.64. The normalized spacial score (nSPS) is 10.8. The highest BCUT2D eigenvalue weighted by molar-refractivity contribution is 7.18. The maximum Gasteiger partial charge on any atom is 0.268 e. The third kappa shape index (κ3) is 3.49. The van der Waals surface area contributed by atoms with Gasteiger partial charge in [-0.2, -0.15) is 11.3 Å². The van der Waals surface area contributed by atoms with Crippen LogP contribution in [0.1, 0.15) is 24.9 Å². The Kier molecular flexibility index (Phi) is 5.08. The molecule has 28 heavy (non-hydrogen) atoms. The number of rotatable bonds is 5. The van der Waals surface area contributed by atoms with Crippen LogP contribution in [0.25, 0.3) is 21.7 Å². The van der Waals surface area contributed by atoms with E-state index in [9.17, 15) is 9.59 Å². The third-order valence-electron chi connectivity index (χ3n) is 4.12. The lowest BCUT2D eigenvalue weighted by atomic mass is 10.0. The smallest absolute Gasteiger partial charge is 0.268 e. The molecule has 0 atom stereocenters. The van der Waals surface area contributed by atoms with E-state index in [1.807, 2.05) is 54.1 Å². The lowest BCUT2D eigenvalue weighted by Crippen LogP contribution is -2.16. The highest BCUT2D eigenvalue weighted by atomic mass is 32.1. The molecule has 0 unspecified atom stereocenters. The summed E-state index contributed by atoms with van der Waals surface area (Å²) in [7, 11) is 0. The van der Waals surface area contributed by atoms with Gasteiger partial charge in [0.15, 0.2) is 0 Å². The van der Waals surface area contributed by atoms with E-state index >= 15 is 0 Å². The molecule has 3 N–H and O–H groups in total. The average molecular weight is 426 g/mol. The van der Waals surface area contributed by atoms with Gasteiger partial charge >= 0.3 is 0 Å². The molecule has 5 nitrogen and oxygen atoms in total. The number of carbonyl (C=O) groups excluding carboxylic acids is 2. The van der Waals surface area contributed by atoms with Crippen LogP contribution in [0.2, 0.25) is 0 Å². The fourth-order valence-corrected chi connectivity index (χ4v) is 5.48. The summed E-state index contributed by atoms with van der Waals surface area (Å²) >= 11 is 4.23. The van der Waals surface area contributed by atoms with Crippen LogP contribution in [-0.4, -0.2) is 16.8 Å². The highest BCUT2D eigenvalue weighted by Crippen LogP contribution is 2.40. The first kappa shape index (κ1) is 18.5. The van der Waals surface area contributed by atoms with Crippen LogP contribution < -0.4 is 11.1 Å². The summed E-state index contributed by atoms with van der Waals surface area (Å²) in [6.07, 6.45) is 1.55. The number of amides is 2. The van der Waals surface area contributed by atoms with Crippen molar-refractivity contribution in [2.75, 3.05) is 5.32 Å². The Bertz CT molecular complexity index is 1150. The number of thiophene rings is 2. The molecule has 2 amide bonds. The van der Waals surface area contributed by atoms with Crippen LogP contribution in [0.4, 0.5) is 5.00 Å². The van der Waals surface area contributed by atoms with Crippen molar-refractivity contribution in [1.29, 1.82) is 0 Å². The average Bonchev–Trinajstić information content (AvgIpc) is 3.41. The Labute approximate surface area is 173 Å². The number of aromatic nitrogens is 1. The zero-order valence-electron chi connectivity index (χ0n) is 14.8. The van der Waals surface area contributed by atoms with Crippen molar-refractivity contribution >= 4 is 50.8 Å². The maximum atomic E-state index is 12.7. The topological polar surface area (TPSA) is 85.1 Å². The molecule has 0 spiro atoms. The quantitative estimate of drug-likeness (QED) is 0.457. The largest absolute Gasteiger partial charge is 0.365 e. The van der Waals surface area contributed by atoms with Gasteiger partial charge in [0.05, 0.1) is 11.8 Å². The fourth-order valence-electron chi connectivity index (χ4n) is 2.88. The van der Waals surface area contributed by atoms with Gasteiger partial charge < -0.3 is 11.1 Å². The van der Waals surface area contributed by atoms with Gasteiger partial charge in [-0.3, -0.25) is 9.59 Å². The number of benzene rings is 1. The number of nitrogens with one attached hydrogen (secondary N) is 1. The second-order valence-electron chi connectivity index (χ2n) is 5.96. The third-order valence-corrected chi connectivity index (χ3v) is 6.87. The zero-order valence-corrected chi connectivity index (χ0v) is 17.2. The van der Waals surface area contributed by atoms with Gasteiger partial charge in [0.1, 0.15) is 14.9 Å². The number of nitrogens with zero attached hydrogens (tertiary/aromatic N) is 1. The first-order chi connectivity index (χ1) is 13.5. The van der Waals surface area contributed by atoms with Crippen molar-refractivity contribution in [2.45, 2.75) is 6.92 Å². The van der Waals surface area contributed by atoms with E-state index in [1.54, 1.807) is 17.5 Å². The van der Waals surface area contributed by atoms with Crippen molar-refractivity contribution < 1.29 is 9.59 Å². The number of carbonyl (C=O) groups is 2. The molecule has 1 aromatic carbocycles. The number of hydrogen-bond acceptors (Lipinski definition) is 6. The number of primary amides is 1. The minimum absolute atomic E-state index is 0.303. The van der Waals surface area contributed by atoms with Crippen molar-refractivity contribution in [1.82, 2.24) is 4.98 Å². The molecule has 3 heterocycles. The van der Waals surface area contributed by atoms with E-state index < -0.39 is 5.91 Å². The number of thiazole rings is 1. The maximum absolute atomic E-state index is 12.7. The predicted octanol–water partition coefficient (Wildman–Crippen LogP) is 5.26. The molecule has 3 aromatic heterocycles. The van der Waals surface area contributed by atoms with Gasteiger partial charge in [-0.15, -0.1) is 22.7 Å². The standard InChI is InChI=1S/C20H15N3O2S3/c1-11-15(12-5-3-2-4-6-12)16(17(21)24)20(27-11)23-18(25)14-9-22-19(28-14)13-7-8-26-10-13/h2-10H,1H3,(H2,21,24)(H,23,25). The second kappa shape index (κ2) is 7.67. The molecule has 4 rings (SSSR count). The van der Waals surface area contributed by atoms with E-state index in [0.717, 1.165) is 26.6 Å². The first-order valence-corrected chi connectivity index (χ1v) is 10.9. The number of hydrogen-bond donors (Lipinski definition) is 2. The Morgan fingerprint density at radius 1 is 1.07 bits per heavy atom. The zero-order chi connectivity index (χ0) is 19.7. The minimum atomic E-state index is -0.568. The lowest BCUT2D eigenvalue weighted by molar-refractivity contribution is 0.100. The van der Waals surface area contributed by atoms with Crippen LogP contribution in [0.3, 0.4) is 0 Å². The summed E-state index contributed by atoms with van der Waals surface area (Å²) < 4.78 is 0. The molecule has 0 radical (unpaired) electrons. The van der Waals surface area contributed by atoms with Gasteiger partial charge in [0.2, 0.25) is 0 Å². The van der Waals surface area contributed by atoms with Gasteiger partial charge in [-0.25, -0.2) is 4.98 Å². The number of nitrogens with two attached hydrogens (primary N) is 1. The summed E-state index contributed by atoms with van der Waals surface area (Å²) in [6.45, 7) is 1.91. The molecule has 0 fully saturated rings. The molecule has 8 heteroatoms. The van der Waals surface area contributed by atoms with E-state index in [4.69, 9.17) is 5.73 Å². The van der Waals surface area contributed by atoms with Crippen molar-refractivity contribution in [3.8, 4) is 21.7 Å². The predicted molar refractivity (Wildman–Crippen MR) is 116 cm³/mol. The Morgan fingerprint density at radius 2 is 1.86 bits per heavy atom. The van der Waals surface area contributed by atoms with Crippen molar-refractivity contribution in [2.24, 2.45) is 5.73 Å². The van der Waals surface area contributed by atoms with Crippen LogP contribution in [0, 0.1) is 6.92 Å². The molecule has 0 saturated carbocycles. The minimum Gasteiger partial charge on any atom is -0.365 e. The number of anilines is 1. The first-order valence-electron chi connectivity index (χ1n) is 8.33. The number of aryl methyl sites for hydroxylation is 1. The fraction of sp³-hybridized carbons (Fsp3) is 0.0500. The molecule has 0 bridgehead atoms. The highest BCUT2D eigenvalue weighted by Gasteiger charge is 2.23. The summed E-state index contributed by atoms with van der Waals surface area (Å²) in [6, 6.07) is 11.5. The Balaban J connectivity index is 1.67. The van der Waals surface area contributed by atoms with Gasteiger partial charge in [-0.05, 0) is 23.9 Å². The molecule has 0 aliphatic carbocycles. The van der Waals surface area contributed by atoms with Crippen LogP contribution in [0.5, 0.6) is 0 Å². The summed E-state index contributed by atoms with van der Waals surface area (Å²) in [5, 5.41) is 8.05.